The minimum Gasteiger partial charge on any atom is -0.493 e. The van der Waals surface area contributed by atoms with Gasteiger partial charge in [0.1, 0.15) is 24.2 Å². The summed E-state index contributed by atoms with van der Waals surface area (Å²) in [5, 5.41) is 0. The number of benzene rings is 2. The lowest BCUT2D eigenvalue weighted by Crippen LogP contribution is -2.42. The number of fused-ring (bicyclic) bond motifs is 1. The average molecular weight is 495 g/mol. The molecule has 2 aliphatic rings. The molecular weight excluding hydrogens is 464 g/mol. The summed E-state index contributed by atoms with van der Waals surface area (Å²) in [5.41, 5.74) is 1.80. The number of allylic oxidation sites excluding steroid dienone is 1. The summed E-state index contributed by atoms with van der Waals surface area (Å²) in [6, 6.07) is 10.9. The van der Waals surface area contributed by atoms with Gasteiger partial charge in [-0.05, 0) is 55.7 Å². The lowest BCUT2D eigenvalue weighted by Gasteiger charge is -2.36. The van der Waals surface area contributed by atoms with Crippen LogP contribution >= 0.6 is 0 Å². The minimum absolute atomic E-state index is 0.0844. The molecule has 1 aliphatic heterocycles. The van der Waals surface area contributed by atoms with Crippen molar-refractivity contribution in [3.8, 4) is 23.0 Å². The van der Waals surface area contributed by atoms with E-state index in [4.69, 9.17) is 28.4 Å². The Morgan fingerprint density at radius 1 is 1.00 bits per heavy atom. The van der Waals surface area contributed by atoms with Crippen LogP contribution in [0.2, 0.25) is 0 Å². The standard InChI is InChI=1S/C28H30O8/c1-17-5-8-19(9-6-17)35-25-16-34-22-15-20(10-11-21(22)27(25)30)36-26(29)12-7-18-13-23(31-2)28(33-4)24(14-18)32-3/h5-9,12-14,16,20-22H,10-11,15H2,1-4H3/b12-7+. The molecule has 0 amide bonds. The van der Waals surface area contributed by atoms with Crippen LogP contribution in [0.3, 0.4) is 0 Å². The number of methoxy groups -OCH3 is 3. The van der Waals surface area contributed by atoms with Crippen LogP contribution in [-0.4, -0.2) is 45.3 Å². The van der Waals surface area contributed by atoms with Crippen LogP contribution in [0.25, 0.3) is 6.08 Å². The summed E-state index contributed by atoms with van der Waals surface area (Å²) in [6.07, 6.45) is 5.21. The first-order chi connectivity index (χ1) is 17.4. The van der Waals surface area contributed by atoms with E-state index < -0.39 is 5.97 Å². The normalized spacial score (nSPS) is 21.2. The van der Waals surface area contributed by atoms with E-state index in [0.717, 1.165) is 5.56 Å². The lowest BCUT2D eigenvalue weighted by atomic mass is 9.80. The molecule has 0 radical (unpaired) electrons. The molecule has 1 aliphatic carbocycles. The molecular formula is C28H30O8. The molecule has 2 aromatic rings. The third-order valence-electron chi connectivity index (χ3n) is 6.30. The van der Waals surface area contributed by atoms with E-state index in [2.05, 4.69) is 0 Å². The number of ketones is 1. The van der Waals surface area contributed by atoms with Gasteiger partial charge >= 0.3 is 5.97 Å². The molecule has 0 aromatic heterocycles. The molecule has 0 N–H and O–H groups in total. The number of carbonyl (C=O) groups is 2. The van der Waals surface area contributed by atoms with Crippen molar-refractivity contribution in [3.63, 3.8) is 0 Å². The van der Waals surface area contributed by atoms with E-state index in [1.807, 2.05) is 31.2 Å². The number of aryl methyl sites for hydroxylation is 1. The second-order valence-corrected chi connectivity index (χ2v) is 8.71. The number of hydrogen-bond donors (Lipinski definition) is 0. The maximum absolute atomic E-state index is 12.9. The second-order valence-electron chi connectivity index (χ2n) is 8.71. The van der Waals surface area contributed by atoms with Crippen molar-refractivity contribution in [2.24, 2.45) is 5.92 Å². The largest absolute Gasteiger partial charge is 0.493 e. The van der Waals surface area contributed by atoms with Crippen LogP contribution in [0.15, 0.2) is 54.5 Å². The summed E-state index contributed by atoms with van der Waals surface area (Å²) in [6.45, 7) is 1.98. The van der Waals surface area contributed by atoms with Gasteiger partial charge in [0.2, 0.25) is 17.3 Å². The van der Waals surface area contributed by atoms with Crippen molar-refractivity contribution < 1.29 is 38.0 Å². The molecule has 1 heterocycles. The van der Waals surface area contributed by atoms with Crippen LogP contribution in [0.4, 0.5) is 0 Å². The third kappa shape index (κ3) is 5.64. The van der Waals surface area contributed by atoms with Crippen LogP contribution in [-0.2, 0) is 19.1 Å². The number of Topliss-reactive ketones (excluding diaryl/α,β-unsaturated/α-hetero) is 1. The van der Waals surface area contributed by atoms with E-state index in [9.17, 15) is 9.59 Å². The Morgan fingerprint density at radius 3 is 2.33 bits per heavy atom. The molecule has 4 rings (SSSR count). The van der Waals surface area contributed by atoms with Gasteiger partial charge in [-0.1, -0.05) is 17.7 Å². The molecule has 0 spiro atoms. The molecule has 0 bridgehead atoms. The second kappa shape index (κ2) is 11.2. The lowest BCUT2D eigenvalue weighted by molar-refractivity contribution is -0.149. The molecule has 3 unspecified atom stereocenters. The van der Waals surface area contributed by atoms with Crippen molar-refractivity contribution in [3.05, 3.63) is 65.6 Å². The van der Waals surface area contributed by atoms with Crippen LogP contribution in [0.5, 0.6) is 23.0 Å². The van der Waals surface area contributed by atoms with Crippen molar-refractivity contribution in [1.29, 1.82) is 0 Å². The molecule has 8 nitrogen and oxygen atoms in total. The topological polar surface area (TPSA) is 89.5 Å². The van der Waals surface area contributed by atoms with Gasteiger partial charge in [-0.2, -0.15) is 0 Å². The third-order valence-corrected chi connectivity index (χ3v) is 6.30. The van der Waals surface area contributed by atoms with Gasteiger partial charge in [-0.15, -0.1) is 0 Å². The van der Waals surface area contributed by atoms with Crippen molar-refractivity contribution in [2.45, 2.75) is 38.4 Å². The van der Waals surface area contributed by atoms with E-state index in [0.29, 0.717) is 47.8 Å². The van der Waals surface area contributed by atoms with Gasteiger partial charge in [-0.3, -0.25) is 4.79 Å². The summed E-state index contributed by atoms with van der Waals surface area (Å²) < 4.78 is 33.2. The zero-order valence-corrected chi connectivity index (χ0v) is 20.8. The Hall–Kier alpha value is -3.94. The fourth-order valence-electron chi connectivity index (χ4n) is 4.41. The Labute approximate surface area is 210 Å². The van der Waals surface area contributed by atoms with Gasteiger partial charge in [0.05, 0.1) is 27.2 Å². The summed E-state index contributed by atoms with van der Waals surface area (Å²) in [5.74, 6) is 1.35. The zero-order valence-electron chi connectivity index (χ0n) is 20.8. The van der Waals surface area contributed by atoms with Crippen LogP contribution < -0.4 is 18.9 Å². The van der Waals surface area contributed by atoms with Gasteiger partial charge < -0.3 is 28.4 Å². The number of esters is 1. The van der Waals surface area contributed by atoms with Crippen LogP contribution in [0, 0.1) is 12.8 Å². The van der Waals surface area contributed by atoms with Gasteiger partial charge in [0.15, 0.2) is 11.5 Å². The smallest absolute Gasteiger partial charge is 0.331 e. The Morgan fingerprint density at radius 2 is 1.69 bits per heavy atom. The van der Waals surface area contributed by atoms with E-state index in [1.54, 1.807) is 18.2 Å². The quantitative estimate of drug-likeness (QED) is 0.388. The molecule has 0 saturated heterocycles. The fraction of sp³-hybridized carbons (Fsp3) is 0.357. The summed E-state index contributed by atoms with van der Waals surface area (Å²) in [4.78, 5) is 25.4. The van der Waals surface area contributed by atoms with Crippen molar-refractivity contribution in [1.82, 2.24) is 0 Å². The van der Waals surface area contributed by atoms with Crippen molar-refractivity contribution in [2.75, 3.05) is 21.3 Å². The highest BCUT2D eigenvalue weighted by molar-refractivity contribution is 5.96. The molecule has 1 fully saturated rings. The fourth-order valence-corrected chi connectivity index (χ4v) is 4.41. The molecule has 2 aromatic carbocycles. The number of rotatable bonds is 8. The van der Waals surface area contributed by atoms with Gasteiger partial charge in [0.25, 0.3) is 0 Å². The Kier molecular flexibility index (Phi) is 7.83. The molecule has 3 atom stereocenters. The maximum atomic E-state index is 12.9. The Bertz CT molecular complexity index is 1140. The summed E-state index contributed by atoms with van der Waals surface area (Å²) in [7, 11) is 4.58. The van der Waals surface area contributed by atoms with Crippen LogP contribution in [0.1, 0.15) is 30.4 Å². The number of hydrogen-bond acceptors (Lipinski definition) is 8. The number of ether oxygens (including phenoxy) is 6. The SMILES string of the molecule is COc1cc(/C=C/C(=O)OC2CCC3C(=O)C(Oc4ccc(C)cc4)=COC3C2)cc(OC)c1OC. The first kappa shape index (κ1) is 25.2. The average Bonchev–Trinajstić information content (AvgIpc) is 2.89. The zero-order chi connectivity index (χ0) is 25.7. The minimum atomic E-state index is -0.478. The Balaban J connectivity index is 1.35. The first-order valence-electron chi connectivity index (χ1n) is 11.7. The van der Waals surface area contributed by atoms with E-state index >= 15 is 0 Å². The monoisotopic (exact) mass is 494 g/mol. The van der Waals surface area contributed by atoms with E-state index in [1.165, 1.54) is 33.7 Å². The molecule has 8 heteroatoms. The highest BCUT2D eigenvalue weighted by Gasteiger charge is 2.42. The van der Waals surface area contributed by atoms with Gasteiger partial charge in [-0.25, -0.2) is 4.79 Å². The molecule has 1 saturated carbocycles. The predicted octanol–water partition coefficient (Wildman–Crippen LogP) is 4.63. The molecule has 190 valence electrons. The maximum Gasteiger partial charge on any atom is 0.331 e. The van der Waals surface area contributed by atoms with E-state index in [-0.39, 0.29) is 29.7 Å². The highest BCUT2D eigenvalue weighted by atomic mass is 16.6. The highest BCUT2D eigenvalue weighted by Crippen LogP contribution is 2.39. The predicted molar refractivity (Wildman–Crippen MR) is 132 cm³/mol. The summed E-state index contributed by atoms with van der Waals surface area (Å²) >= 11 is 0. The molecule has 36 heavy (non-hydrogen) atoms. The van der Waals surface area contributed by atoms with Crippen molar-refractivity contribution >= 4 is 17.8 Å². The number of carbonyl (C=O) groups excluding carboxylic acids is 2. The first-order valence-corrected chi connectivity index (χ1v) is 11.7. The van der Waals surface area contributed by atoms with Gasteiger partial charge in [0, 0.05) is 12.5 Å².